The van der Waals surface area contributed by atoms with E-state index >= 15 is 0 Å². The number of H-pyrrole nitrogens is 1. The zero-order chi connectivity index (χ0) is 26.3. The molecule has 3 aromatic rings. The number of carbonyl (C=O) groups excluding carboxylic acids is 2. The van der Waals surface area contributed by atoms with Gasteiger partial charge in [-0.25, -0.2) is 9.59 Å². The number of nitrogens with one attached hydrogen (secondary N) is 3. The predicted octanol–water partition coefficient (Wildman–Crippen LogP) is 4.78. The van der Waals surface area contributed by atoms with Crippen LogP contribution in [0.25, 0.3) is 10.9 Å². The van der Waals surface area contributed by atoms with Crippen LogP contribution >= 0.6 is 0 Å². The zero-order valence-electron chi connectivity index (χ0n) is 21.6. The Labute approximate surface area is 212 Å². The fourth-order valence-electron chi connectivity index (χ4n) is 3.92. The van der Waals surface area contributed by atoms with Gasteiger partial charge in [-0.3, -0.25) is 0 Å². The Hall–Kier alpha value is -3.52. The Kier molecular flexibility index (Phi) is 8.98. The lowest BCUT2D eigenvalue weighted by Crippen LogP contribution is -2.42. The topological polar surface area (TPSA) is 113 Å². The van der Waals surface area contributed by atoms with Gasteiger partial charge in [0.2, 0.25) is 0 Å². The number of ether oxygens (including phenoxy) is 2. The Balaban J connectivity index is 1.77. The second-order valence-corrected chi connectivity index (χ2v) is 10.2. The lowest BCUT2D eigenvalue weighted by molar-refractivity contribution is -0.146. The molecule has 0 aliphatic heterocycles. The minimum absolute atomic E-state index is 0.0232. The number of alkyl carbamates (subject to hydrolysis) is 1. The van der Waals surface area contributed by atoms with Crippen LogP contribution < -0.4 is 10.6 Å². The number of aliphatic hydroxyl groups is 1. The SMILES string of the molecule is CC(C)[C@H](Nc1cccc2[nH]cc(C[C@@H](CO)NC(=O)OC(C)(C)C)c12)C(=O)OCc1ccccc1. The summed E-state index contributed by atoms with van der Waals surface area (Å²) in [4.78, 5) is 28.5. The lowest BCUT2D eigenvalue weighted by atomic mass is 10.0. The number of aromatic nitrogens is 1. The van der Waals surface area contributed by atoms with Crippen molar-refractivity contribution < 1.29 is 24.2 Å². The highest BCUT2D eigenvalue weighted by Gasteiger charge is 2.26. The highest BCUT2D eigenvalue weighted by Crippen LogP contribution is 2.29. The van der Waals surface area contributed by atoms with Crippen molar-refractivity contribution in [1.29, 1.82) is 0 Å². The van der Waals surface area contributed by atoms with Crippen molar-refractivity contribution in [2.45, 2.75) is 65.3 Å². The molecule has 4 N–H and O–H groups in total. The van der Waals surface area contributed by atoms with Crippen LogP contribution in [-0.2, 0) is 27.3 Å². The van der Waals surface area contributed by atoms with Crippen molar-refractivity contribution in [3.63, 3.8) is 0 Å². The maximum atomic E-state index is 13.0. The van der Waals surface area contributed by atoms with E-state index in [0.29, 0.717) is 6.42 Å². The Morgan fingerprint density at radius 2 is 1.78 bits per heavy atom. The quantitative estimate of drug-likeness (QED) is 0.301. The summed E-state index contributed by atoms with van der Waals surface area (Å²) in [5.74, 6) is -0.354. The van der Waals surface area contributed by atoms with Crippen LogP contribution in [0.5, 0.6) is 0 Å². The second-order valence-electron chi connectivity index (χ2n) is 10.2. The van der Waals surface area contributed by atoms with Gasteiger partial charge in [-0.2, -0.15) is 0 Å². The number of hydrogen-bond donors (Lipinski definition) is 4. The summed E-state index contributed by atoms with van der Waals surface area (Å²) in [5.41, 5.74) is 2.83. The molecule has 2 aromatic carbocycles. The summed E-state index contributed by atoms with van der Waals surface area (Å²) < 4.78 is 10.9. The number of hydrogen-bond acceptors (Lipinski definition) is 6. The van der Waals surface area contributed by atoms with E-state index in [4.69, 9.17) is 9.47 Å². The molecule has 2 atom stereocenters. The third kappa shape index (κ3) is 7.49. The van der Waals surface area contributed by atoms with E-state index in [1.54, 1.807) is 20.8 Å². The molecule has 1 aromatic heterocycles. The van der Waals surface area contributed by atoms with Gasteiger partial charge >= 0.3 is 12.1 Å². The Morgan fingerprint density at radius 3 is 2.42 bits per heavy atom. The average molecular weight is 496 g/mol. The number of carbonyl (C=O) groups is 2. The first-order chi connectivity index (χ1) is 17.1. The van der Waals surface area contributed by atoms with Gasteiger partial charge in [-0.1, -0.05) is 50.2 Å². The summed E-state index contributed by atoms with van der Waals surface area (Å²) in [5, 5.41) is 16.9. The molecule has 0 spiro atoms. The normalized spacial score (nSPS) is 13.3. The average Bonchev–Trinajstić information content (AvgIpc) is 3.23. The molecule has 0 unspecified atom stereocenters. The van der Waals surface area contributed by atoms with Gasteiger partial charge in [-0.15, -0.1) is 0 Å². The van der Waals surface area contributed by atoms with E-state index in [9.17, 15) is 14.7 Å². The third-order valence-corrected chi connectivity index (χ3v) is 5.65. The Bertz CT molecular complexity index is 1150. The van der Waals surface area contributed by atoms with E-state index in [0.717, 1.165) is 27.7 Å². The van der Waals surface area contributed by atoms with Crippen LogP contribution in [0.4, 0.5) is 10.5 Å². The fraction of sp³-hybridized carbons (Fsp3) is 0.429. The van der Waals surface area contributed by atoms with Crippen LogP contribution in [0.15, 0.2) is 54.7 Å². The van der Waals surface area contributed by atoms with Crippen LogP contribution in [-0.4, -0.2) is 46.4 Å². The first kappa shape index (κ1) is 27.1. The minimum Gasteiger partial charge on any atom is -0.459 e. The number of fused-ring (bicyclic) bond motifs is 1. The molecule has 1 amide bonds. The lowest BCUT2D eigenvalue weighted by Gasteiger charge is -2.24. The van der Waals surface area contributed by atoms with E-state index in [2.05, 4.69) is 15.6 Å². The van der Waals surface area contributed by atoms with Crippen LogP contribution in [0, 0.1) is 5.92 Å². The molecule has 36 heavy (non-hydrogen) atoms. The van der Waals surface area contributed by atoms with Crippen molar-refractivity contribution in [1.82, 2.24) is 10.3 Å². The first-order valence-electron chi connectivity index (χ1n) is 12.2. The number of amides is 1. The number of rotatable bonds is 10. The van der Waals surface area contributed by atoms with Gasteiger partial charge in [0.1, 0.15) is 18.2 Å². The highest BCUT2D eigenvalue weighted by molar-refractivity contribution is 5.96. The second kappa shape index (κ2) is 11.9. The van der Waals surface area contributed by atoms with Gasteiger partial charge in [0, 0.05) is 22.8 Å². The Morgan fingerprint density at radius 1 is 1.06 bits per heavy atom. The van der Waals surface area contributed by atoms with Gasteiger partial charge in [-0.05, 0) is 56.4 Å². The fourth-order valence-corrected chi connectivity index (χ4v) is 3.92. The molecule has 0 saturated heterocycles. The molecule has 0 aliphatic rings. The molecule has 3 rings (SSSR count). The summed E-state index contributed by atoms with van der Waals surface area (Å²) >= 11 is 0. The molecule has 0 saturated carbocycles. The number of aliphatic hydroxyl groups excluding tert-OH is 1. The van der Waals surface area contributed by atoms with E-state index in [1.165, 1.54) is 0 Å². The number of benzene rings is 2. The molecular weight excluding hydrogens is 458 g/mol. The smallest absolute Gasteiger partial charge is 0.407 e. The van der Waals surface area contributed by atoms with Crippen molar-refractivity contribution in [3.05, 3.63) is 65.9 Å². The monoisotopic (exact) mass is 495 g/mol. The van der Waals surface area contributed by atoms with Gasteiger partial charge < -0.3 is 30.2 Å². The summed E-state index contributed by atoms with van der Waals surface area (Å²) in [6.07, 6.45) is 1.65. The largest absolute Gasteiger partial charge is 0.459 e. The van der Waals surface area contributed by atoms with Crippen molar-refractivity contribution in [3.8, 4) is 0 Å². The van der Waals surface area contributed by atoms with Crippen molar-refractivity contribution >= 4 is 28.7 Å². The van der Waals surface area contributed by atoms with E-state index in [-0.39, 0.29) is 25.1 Å². The minimum atomic E-state index is -0.636. The maximum Gasteiger partial charge on any atom is 0.407 e. The van der Waals surface area contributed by atoms with Crippen LogP contribution in [0.3, 0.4) is 0 Å². The zero-order valence-corrected chi connectivity index (χ0v) is 21.6. The molecular formula is C28H37N3O5. The van der Waals surface area contributed by atoms with Gasteiger partial charge in [0.05, 0.1) is 12.6 Å². The molecule has 8 heteroatoms. The van der Waals surface area contributed by atoms with E-state index in [1.807, 2.05) is 68.6 Å². The number of anilines is 1. The number of esters is 1. The molecule has 0 aliphatic carbocycles. The molecule has 0 fully saturated rings. The molecule has 0 bridgehead atoms. The van der Waals surface area contributed by atoms with Crippen LogP contribution in [0.2, 0.25) is 0 Å². The first-order valence-corrected chi connectivity index (χ1v) is 12.2. The summed E-state index contributed by atoms with van der Waals surface area (Å²) in [6.45, 7) is 9.25. The van der Waals surface area contributed by atoms with E-state index < -0.39 is 23.8 Å². The summed E-state index contributed by atoms with van der Waals surface area (Å²) in [6, 6.07) is 14.2. The summed E-state index contributed by atoms with van der Waals surface area (Å²) in [7, 11) is 0. The standard InChI is InChI=1S/C28H37N3O5/c1-18(2)25(26(33)35-17-19-10-7-6-8-11-19)31-23-13-9-12-22-24(23)20(15-29-22)14-21(16-32)30-27(34)36-28(3,4)5/h6-13,15,18,21,25,29,31-32H,14,16-17H2,1-5H3,(H,30,34)/t21-,25-/m0/s1. The van der Waals surface area contributed by atoms with Crippen molar-refractivity contribution in [2.24, 2.45) is 5.92 Å². The number of aromatic amines is 1. The molecule has 1 heterocycles. The highest BCUT2D eigenvalue weighted by atomic mass is 16.6. The molecule has 8 nitrogen and oxygen atoms in total. The van der Waals surface area contributed by atoms with Crippen molar-refractivity contribution in [2.75, 3.05) is 11.9 Å². The van der Waals surface area contributed by atoms with Crippen LogP contribution in [0.1, 0.15) is 45.7 Å². The predicted molar refractivity (Wildman–Crippen MR) is 141 cm³/mol. The molecule has 194 valence electrons. The molecule has 0 radical (unpaired) electrons. The third-order valence-electron chi connectivity index (χ3n) is 5.65. The van der Waals surface area contributed by atoms with Gasteiger partial charge in [0.25, 0.3) is 0 Å². The van der Waals surface area contributed by atoms with Gasteiger partial charge in [0.15, 0.2) is 0 Å². The maximum absolute atomic E-state index is 13.0.